The van der Waals surface area contributed by atoms with Gasteiger partial charge >= 0.3 is 0 Å². The van der Waals surface area contributed by atoms with Gasteiger partial charge in [0, 0.05) is 35.7 Å². The van der Waals surface area contributed by atoms with E-state index in [0.29, 0.717) is 28.8 Å². The van der Waals surface area contributed by atoms with Gasteiger partial charge in [-0.05, 0) is 69.2 Å². The van der Waals surface area contributed by atoms with Crippen molar-refractivity contribution in [1.29, 1.82) is 0 Å². The zero-order valence-corrected chi connectivity index (χ0v) is 18.4. The number of nitrogens with zero attached hydrogens (tertiary/aromatic N) is 2. The van der Waals surface area contributed by atoms with Crippen LogP contribution >= 0.6 is 11.6 Å². The second kappa shape index (κ2) is 7.67. The van der Waals surface area contributed by atoms with Crippen LogP contribution in [-0.2, 0) is 10.0 Å². The van der Waals surface area contributed by atoms with Crippen molar-refractivity contribution < 1.29 is 13.2 Å². The predicted molar refractivity (Wildman–Crippen MR) is 116 cm³/mol. The number of hydrogen-bond acceptors (Lipinski definition) is 3. The quantitative estimate of drug-likeness (QED) is 0.568. The predicted octanol–water partition coefficient (Wildman–Crippen LogP) is 5.03. The average Bonchev–Trinajstić information content (AvgIpc) is 3.27. The molecule has 29 heavy (non-hydrogen) atoms. The Morgan fingerprint density at radius 1 is 1.14 bits per heavy atom. The van der Waals surface area contributed by atoms with E-state index in [-0.39, 0.29) is 12.1 Å². The summed E-state index contributed by atoms with van der Waals surface area (Å²) in [6, 6.07) is 12.6. The van der Waals surface area contributed by atoms with Crippen LogP contribution in [-0.4, -0.2) is 36.5 Å². The Hall–Kier alpha value is -2.02. The van der Waals surface area contributed by atoms with Gasteiger partial charge in [0.1, 0.15) is 5.75 Å². The lowest BCUT2D eigenvalue weighted by Gasteiger charge is -2.18. The normalized spacial score (nSPS) is 18.0. The van der Waals surface area contributed by atoms with Crippen LogP contribution < -0.4 is 4.74 Å². The second-order valence-electron chi connectivity index (χ2n) is 7.82. The van der Waals surface area contributed by atoms with E-state index < -0.39 is 10.0 Å². The zero-order valence-electron chi connectivity index (χ0n) is 16.8. The molecule has 3 aromatic rings. The van der Waals surface area contributed by atoms with E-state index >= 15 is 0 Å². The molecule has 5 nitrogen and oxygen atoms in total. The van der Waals surface area contributed by atoms with E-state index in [1.54, 1.807) is 28.6 Å². The molecule has 1 fully saturated rings. The Labute approximate surface area is 176 Å². The summed E-state index contributed by atoms with van der Waals surface area (Å²) in [5.41, 5.74) is 2.22. The molecule has 154 valence electrons. The molecule has 4 rings (SSSR count). The third-order valence-corrected chi connectivity index (χ3v) is 7.46. The second-order valence-corrected chi connectivity index (χ2v) is 10.2. The van der Waals surface area contributed by atoms with Gasteiger partial charge in [0.05, 0.1) is 16.5 Å². The summed E-state index contributed by atoms with van der Waals surface area (Å²) in [6.45, 7) is 6.89. The van der Waals surface area contributed by atoms with Gasteiger partial charge in [-0.3, -0.25) is 0 Å². The Morgan fingerprint density at radius 3 is 2.55 bits per heavy atom. The maximum atomic E-state index is 13.1. The highest BCUT2D eigenvalue weighted by molar-refractivity contribution is 7.89. The number of aromatic nitrogens is 1. The van der Waals surface area contributed by atoms with E-state index in [4.69, 9.17) is 16.3 Å². The smallest absolute Gasteiger partial charge is 0.243 e. The van der Waals surface area contributed by atoms with Crippen LogP contribution in [0.25, 0.3) is 10.9 Å². The summed E-state index contributed by atoms with van der Waals surface area (Å²) in [6.07, 6.45) is 2.91. The largest absolute Gasteiger partial charge is 0.491 e. The highest BCUT2D eigenvalue weighted by atomic mass is 35.5. The van der Waals surface area contributed by atoms with E-state index in [9.17, 15) is 8.42 Å². The summed E-state index contributed by atoms with van der Waals surface area (Å²) in [5, 5.41) is 1.83. The van der Waals surface area contributed by atoms with Crippen molar-refractivity contribution >= 4 is 32.5 Å². The average molecular weight is 433 g/mol. The van der Waals surface area contributed by atoms with E-state index in [2.05, 4.69) is 17.7 Å². The third-order valence-electron chi connectivity index (χ3n) is 5.35. The monoisotopic (exact) mass is 432 g/mol. The maximum absolute atomic E-state index is 13.1. The lowest BCUT2D eigenvalue weighted by atomic mass is 10.2. The van der Waals surface area contributed by atoms with Crippen LogP contribution in [0.3, 0.4) is 0 Å². The van der Waals surface area contributed by atoms with Gasteiger partial charge in [-0.25, -0.2) is 8.42 Å². The molecule has 0 aliphatic carbocycles. The summed E-state index contributed by atoms with van der Waals surface area (Å²) >= 11 is 6.20. The molecule has 2 heterocycles. The lowest BCUT2D eigenvalue weighted by Crippen LogP contribution is -2.29. The molecule has 0 bridgehead atoms. The highest BCUT2D eigenvalue weighted by Crippen LogP contribution is 2.33. The van der Waals surface area contributed by atoms with E-state index in [1.165, 1.54) is 5.56 Å². The molecule has 1 aliphatic rings. The SMILES string of the molecule is Cc1cn([C@@H]2CCN(S(=O)(=O)c3ccc(OC(C)C)cc3)C2)c2cc(Cl)ccc12. The van der Waals surface area contributed by atoms with Crippen LogP contribution in [0.4, 0.5) is 0 Å². The molecule has 0 spiro atoms. The van der Waals surface area contributed by atoms with Crippen molar-refractivity contribution in [1.82, 2.24) is 8.87 Å². The van der Waals surface area contributed by atoms with Crippen molar-refractivity contribution in [3.05, 3.63) is 59.2 Å². The number of aryl methyl sites for hydroxylation is 1. The Morgan fingerprint density at radius 2 is 1.86 bits per heavy atom. The molecular formula is C22H25ClN2O3S. The molecule has 1 saturated heterocycles. The van der Waals surface area contributed by atoms with Crippen molar-refractivity contribution in [3.8, 4) is 5.75 Å². The van der Waals surface area contributed by atoms with Gasteiger partial charge in [0.25, 0.3) is 0 Å². The van der Waals surface area contributed by atoms with Crippen molar-refractivity contribution in [2.45, 2.75) is 44.2 Å². The van der Waals surface area contributed by atoms with Crippen LogP contribution in [0.5, 0.6) is 5.75 Å². The molecular weight excluding hydrogens is 408 g/mol. The highest BCUT2D eigenvalue weighted by Gasteiger charge is 2.34. The molecule has 1 aliphatic heterocycles. The van der Waals surface area contributed by atoms with Gasteiger partial charge in [0.15, 0.2) is 0 Å². The van der Waals surface area contributed by atoms with Gasteiger partial charge in [-0.1, -0.05) is 17.7 Å². The minimum absolute atomic E-state index is 0.0464. The first kappa shape index (κ1) is 20.3. The van der Waals surface area contributed by atoms with Crippen molar-refractivity contribution in [2.24, 2.45) is 0 Å². The first-order valence-electron chi connectivity index (χ1n) is 9.79. The zero-order chi connectivity index (χ0) is 20.8. The Balaban J connectivity index is 1.57. The van der Waals surface area contributed by atoms with E-state index in [1.807, 2.05) is 32.0 Å². The standard InChI is InChI=1S/C22H25ClN2O3S/c1-15(2)28-19-5-7-20(8-6-19)29(26,27)24-11-10-18(14-24)25-13-16(3)21-9-4-17(23)12-22(21)25/h4-9,12-13,15,18H,10-11,14H2,1-3H3/t18-/m1/s1. The molecule has 0 radical (unpaired) electrons. The minimum atomic E-state index is -3.54. The van der Waals surface area contributed by atoms with E-state index in [0.717, 1.165) is 17.3 Å². The Kier molecular flexibility index (Phi) is 5.36. The van der Waals surface area contributed by atoms with Crippen LogP contribution in [0.1, 0.15) is 31.9 Å². The molecule has 7 heteroatoms. The molecule has 0 unspecified atom stereocenters. The first-order valence-corrected chi connectivity index (χ1v) is 11.6. The molecule has 0 amide bonds. The van der Waals surface area contributed by atoms with Gasteiger partial charge < -0.3 is 9.30 Å². The van der Waals surface area contributed by atoms with Crippen molar-refractivity contribution in [2.75, 3.05) is 13.1 Å². The summed E-state index contributed by atoms with van der Waals surface area (Å²) < 4.78 is 35.6. The van der Waals surface area contributed by atoms with Crippen LogP contribution in [0, 0.1) is 6.92 Å². The van der Waals surface area contributed by atoms with Crippen LogP contribution in [0.15, 0.2) is 53.6 Å². The van der Waals surface area contributed by atoms with Gasteiger partial charge in [-0.2, -0.15) is 4.31 Å². The first-order chi connectivity index (χ1) is 13.8. The maximum Gasteiger partial charge on any atom is 0.243 e. The number of benzene rings is 2. The fourth-order valence-electron chi connectivity index (χ4n) is 3.97. The summed E-state index contributed by atoms with van der Waals surface area (Å²) in [4.78, 5) is 0.297. The van der Waals surface area contributed by atoms with Crippen LogP contribution in [0.2, 0.25) is 5.02 Å². The fourth-order valence-corrected chi connectivity index (χ4v) is 5.63. The lowest BCUT2D eigenvalue weighted by molar-refractivity contribution is 0.242. The number of ether oxygens (including phenoxy) is 1. The number of halogens is 1. The Bertz CT molecular complexity index is 1140. The molecule has 1 aromatic heterocycles. The number of fused-ring (bicyclic) bond motifs is 1. The van der Waals surface area contributed by atoms with Gasteiger partial charge in [-0.15, -0.1) is 0 Å². The van der Waals surface area contributed by atoms with Crippen molar-refractivity contribution in [3.63, 3.8) is 0 Å². The number of hydrogen-bond donors (Lipinski definition) is 0. The molecule has 0 N–H and O–H groups in total. The summed E-state index contributed by atoms with van der Waals surface area (Å²) in [7, 11) is -3.54. The molecule has 0 saturated carbocycles. The number of rotatable bonds is 5. The number of sulfonamides is 1. The third kappa shape index (κ3) is 3.89. The fraction of sp³-hybridized carbons (Fsp3) is 0.364. The molecule has 2 aromatic carbocycles. The molecule has 1 atom stereocenters. The minimum Gasteiger partial charge on any atom is -0.491 e. The topological polar surface area (TPSA) is 51.5 Å². The summed E-state index contributed by atoms with van der Waals surface area (Å²) in [5.74, 6) is 0.671. The van der Waals surface area contributed by atoms with Gasteiger partial charge in [0.2, 0.25) is 10.0 Å².